The molecule has 0 radical (unpaired) electrons. The first kappa shape index (κ1) is 19.5. The van der Waals surface area contributed by atoms with Gasteiger partial charge >= 0.3 is 0 Å². The lowest BCUT2D eigenvalue weighted by molar-refractivity contribution is -0.117. The maximum atomic E-state index is 13.0. The monoisotopic (exact) mass is 398 g/mol. The van der Waals surface area contributed by atoms with Gasteiger partial charge in [-0.3, -0.25) is 9.78 Å². The third-order valence-corrected chi connectivity index (χ3v) is 4.93. The van der Waals surface area contributed by atoms with E-state index in [0.717, 1.165) is 28.8 Å². The van der Waals surface area contributed by atoms with E-state index in [1.165, 1.54) is 0 Å². The van der Waals surface area contributed by atoms with Crippen molar-refractivity contribution in [3.8, 4) is 11.4 Å². The van der Waals surface area contributed by atoms with E-state index in [2.05, 4.69) is 20.4 Å². The standard InChI is InChI=1S/C24H22N4O2/c1-2-20(17-9-4-3-5-10-17)24(29)26-21-13-7-6-11-18(21)15-22-27-23(28-30-22)19-12-8-14-25-16-19/h3-14,16,20H,2,15H2,1H3,(H,26,29). The number of anilines is 1. The minimum Gasteiger partial charge on any atom is -0.339 e. The fraction of sp³-hybridized carbons (Fsp3) is 0.167. The Morgan fingerprint density at radius 3 is 2.60 bits per heavy atom. The van der Waals surface area contributed by atoms with E-state index in [1.54, 1.807) is 12.4 Å². The number of carbonyl (C=O) groups excluding carboxylic acids is 1. The topological polar surface area (TPSA) is 80.9 Å². The quantitative estimate of drug-likeness (QED) is 0.481. The average molecular weight is 398 g/mol. The maximum Gasteiger partial charge on any atom is 0.231 e. The van der Waals surface area contributed by atoms with E-state index in [0.29, 0.717) is 18.1 Å². The zero-order valence-corrected chi connectivity index (χ0v) is 16.7. The second-order valence-corrected chi connectivity index (χ2v) is 6.95. The van der Waals surface area contributed by atoms with Crippen LogP contribution in [0.25, 0.3) is 11.4 Å². The van der Waals surface area contributed by atoms with Crippen LogP contribution < -0.4 is 5.32 Å². The largest absolute Gasteiger partial charge is 0.339 e. The van der Waals surface area contributed by atoms with Gasteiger partial charge in [0.2, 0.25) is 17.6 Å². The number of carbonyl (C=O) groups is 1. The second-order valence-electron chi connectivity index (χ2n) is 6.95. The molecule has 0 spiro atoms. The summed E-state index contributed by atoms with van der Waals surface area (Å²) in [5.74, 6) is 0.734. The van der Waals surface area contributed by atoms with Crippen LogP contribution in [0.15, 0.2) is 83.6 Å². The fourth-order valence-electron chi connectivity index (χ4n) is 3.38. The summed E-state index contributed by atoms with van der Waals surface area (Å²) in [5, 5.41) is 7.12. The van der Waals surface area contributed by atoms with Crippen LogP contribution in [0.2, 0.25) is 0 Å². The summed E-state index contributed by atoms with van der Waals surface area (Å²) < 4.78 is 5.42. The molecule has 4 aromatic rings. The van der Waals surface area contributed by atoms with Gasteiger partial charge in [-0.15, -0.1) is 0 Å². The lowest BCUT2D eigenvalue weighted by Gasteiger charge is -2.17. The molecule has 2 aromatic heterocycles. The minimum absolute atomic E-state index is 0.0299. The summed E-state index contributed by atoms with van der Waals surface area (Å²) >= 11 is 0. The summed E-state index contributed by atoms with van der Waals surface area (Å²) in [5.41, 5.74) is 3.46. The van der Waals surface area contributed by atoms with Gasteiger partial charge in [-0.05, 0) is 35.7 Å². The van der Waals surface area contributed by atoms with Gasteiger partial charge in [-0.25, -0.2) is 0 Å². The molecule has 0 aliphatic carbocycles. The summed E-state index contributed by atoms with van der Waals surface area (Å²) in [7, 11) is 0. The molecule has 0 fully saturated rings. The first-order chi connectivity index (χ1) is 14.7. The Bertz CT molecular complexity index is 1110. The number of hydrogen-bond donors (Lipinski definition) is 1. The Morgan fingerprint density at radius 2 is 1.83 bits per heavy atom. The fourth-order valence-corrected chi connectivity index (χ4v) is 3.38. The normalized spacial score (nSPS) is 11.8. The smallest absolute Gasteiger partial charge is 0.231 e. The number of hydrogen-bond acceptors (Lipinski definition) is 5. The van der Waals surface area contributed by atoms with Gasteiger partial charge in [0.1, 0.15) is 0 Å². The molecule has 30 heavy (non-hydrogen) atoms. The number of amides is 1. The van der Waals surface area contributed by atoms with Crippen molar-refractivity contribution in [3.05, 3.63) is 96.1 Å². The number of rotatable bonds is 7. The van der Waals surface area contributed by atoms with Gasteiger partial charge in [-0.1, -0.05) is 60.6 Å². The van der Waals surface area contributed by atoms with Crippen molar-refractivity contribution < 1.29 is 9.32 Å². The zero-order chi connectivity index (χ0) is 20.8. The predicted molar refractivity (Wildman–Crippen MR) is 115 cm³/mol. The van der Waals surface area contributed by atoms with Crippen molar-refractivity contribution in [1.29, 1.82) is 0 Å². The van der Waals surface area contributed by atoms with E-state index in [-0.39, 0.29) is 11.8 Å². The lowest BCUT2D eigenvalue weighted by Crippen LogP contribution is -2.21. The molecule has 0 saturated heterocycles. The Hall–Kier alpha value is -3.80. The molecule has 1 N–H and O–H groups in total. The number of para-hydroxylation sites is 1. The Kier molecular flexibility index (Phi) is 5.94. The molecule has 1 unspecified atom stereocenters. The molecule has 2 heterocycles. The van der Waals surface area contributed by atoms with E-state index >= 15 is 0 Å². The first-order valence-corrected chi connectivity index (χ1v) is 9.91. The molecule has 6 nitrogen and oxygen atoms in total. The second kappa shape index (κ2) is 9.13. The van der Waals surface area contributed by atoms with Crippen LogP contribution in [0.3, 0.4) is 0 Å². The van der Waals surface area contributed by atoms with Gasteiger partial charge < -0.3 is 9.84 Å². The number of nitrogens with zero attached hydrogens (tertiary/aromatic N) is 3. The molecule has 150 valence electrons. The Labute approximate surface area is 175 Å². The predicted octanol–water partition coefficient (Wildman–Crippen LogP) is 4.85. The van der Waals surface area contributed by atoms with Gasteiger partial charge in [0, 0.05) is 23.6 Å². The van der Waals surface area contributed by atoms with Crippen molar-refractivity contribution >= 4 is 11.6 Å². The summed E-state index contributed by atoms with van der Waals surface area (Å²) in [4.78, 5) is 21.5. The van der Waals surface area contributed by atoms with Crippen LogP contribution in [-0.2, 0) is 11.2 Å². The molecule has 1 atom stereocenters. The molecular weight excluding hydrogens is 376 g/mol. The summed E-state index contributed by atoms with van der Waals surface area (Å²) in [6, 6.07) is 21.2. The van der Waals surface area contributed by atoms with Crippen LogP contribution in [-0.4, -0.2) is 21.0 Å². The molecule has 0 saturated carbocycles. The van der Waals surface area contributed by atoms with Crippen LogP contribution in [0, 0.1) is 0 Å². The highest BCUT2D eigenvalue weighted by atomic mass is 16.5. The van der Waals surface area contributed by atoms with Crippen molar-refractivity contribution in [2.75, 3.05) is 5.32 Å². The van der Waals surface area contributed by atoms with Gasteiger partial charge in [0.15, 0.2) is 0 Å². The third kappa shape index (κ3) is 4.43. The average Bonchev–Trinajstić information content (AvgIpc) is 3.26. The summed E-state index contributed by atoms with van der Waals surface area (Å²) in [6.45, 7) is 2.02. The van der Waals surface area contributed by atoms with E-state index < -0.39 is 0 Å². The highest BCUT2D eigenvalue weighted by molar-refractivity contribution is 5.96. The van der Waals surface area contributed by atoms with Crippen molar-refractivity contribution in [2.45, 2.75) is 25.7 Å². The van der Waals surface area contributed by atoms with E-state index in [9.17, 15) is 4.79 Å². The first-order valence-electron chi connectivity index (χ1n) is 9.91. The van der Waals surface area contributed by atoms with Crippen molar-refractivity contribution in [1.82, 2.24) is 15.1 Å². The lowest BCUT2D eigenvalue weighted by atomic mass is 9.95. The van der Waals surface area contributed by atoms with Crippen LogP contribution in [0.4, 0.5) is 5.69 Å². The zero-order valence-electron chi connectivity index (χ0n) is 16.7. The van der Waals surface area contributed by atoms with Crippen LogP contribution >= 0.6 is 0 Å². The molecule has 1 amide bonds. The Balaban J connectivity index is 1.52. The molecule has 4 rings (SSSR count). The SMILES string of the molecule is CCC(C(=O)Nc1ccccc1Cc1nc(-c2cccnc2)no1)c1ccccc1. The van der Waals surface area contributed by atoms with Crippen LogP contribution in [0.5, 0.6) is 0 Å². The highest BCUT2D eigenvalue weighted by Gasteiger charge is 2.20. The van der Waals surface area contributed by atoms with E-state index in [1.807, 2.05) is 73.7 Å². The number of benzene rings is 2. The highest BCUT2D eigenvalue weighted by Crippen LogP contribution is 2.25. The Morgan fingerprint density at radius 1 is 1.03 bits per heavy atom. The van der Waals surface area contributed by atoms with Crippen LogP contribution in [0.1, 0.15) is 36.3 Å². The van der Waals surface area contributed by atoms with Crippen molar-refractivity contribution in [2.24, 2.45) is 0 Å². The molecule has 0 bridgehead atoms. The number of nitrogens with one attached hydrogen (secondary N) is 1. The molecule has 2 aromatic carbocycles. The third-order valence-electron chi connectivity index (χ3n) is 4.93. The maximum absolute atomic E-state index is 13.0. The molecular formula is C24H22N4O2. The number of aromatic nitrogens is 3. The van der Waals surface area contributed by atoms with E-state index in [4.69, 9.17) is 4.52 Å². The van der Waals surface area contributed by atoms with Gasteiger partial charge in [-0.2, -0.15) is 4.98 Å². The minimum atomic E-state index is -0.208. The van der Waals surface area contributed by atoms with Gasteiger partial charge in [0.05, 0.1) is 12.3 Å². The molecule has 0 aliphatic rings. The molecule has 0 aliphatic heterocycles. The number of pyridine rings is 1. The van der Waals surface area contributed by atoms with Crippen molar-refractivity contribution in [3.63, 3.8) is 0 Å². The summed E-state index contributed by atoms with van der Waals surface area (Å²) in [6.07, 6.45) is 4.53. The van der Waals surface area contributed by atoms with Gasteiger partial charge in [0.25, 0.3) is 0 Å². The molecule has 6 heteroatoms.